The maximum absolute atomic E-state index is 12.2. The Balaban J connectivity index is 1.74. The van der Waals surface area contributed by atoms with E-state index in [-0.39, 0.29) is 11.3 Å². The molecule has 3 N–H and O–H groups in total. The van der Waals surface area contributed by atoms with Gasteiger partial charge in [-0.15, -0.1) is 0 Å². The van der Waals surface area contributed by atoms with Crippen LogP contribution < -0.4 is 5.32 Å². The van der Waals surface area contributed by atoms with E-state index in [1.807, 2.05) is 0 Å². The van der Waals surface area contributed by atoms with Crippen LogP contribution in [0.4, 0.5) is 10.5 Å². The van der Waals surface area contributed by atoms with Crippen LogP contribution in [-0.4, -0.2) is 51.4 Å². The van der Waals surface area contributed by atoms with Crippen LogP contribution in [0.5, 0.6) is 0 Å². The minimum Gasteiger partial charge on any atom is -0.481 e. The van der Waals surface area contributed by atoms with Crippen LogP contribution in [0, 0.1) is 22.0 Å². The number of nitrogens with one attached hydrogen (secondary N) is 1. The molecule has 2 aliphatic rings. The molecule has 1 saturated heterocycles. The number of nitro groups is 1. The molecule has 144 valence electrons. The van der Waals surface area contributed by atoms with Gasteiger partial charge in [-0.3, -0.25) is 14.9 Å². The molecule has 1 saturated carbocycles. The Morgan fingerprint density at radius 2 is 2.04 bits per heavy atom. The standard InChI is InChI=1S/C16H16N2O9/c1-7(8-4-2-3-5-9(8)18(24)25)27-15(23)17-16(14(21)22)6-26-12-10(11(12)16)13(19)20/h2-5,7,10-12H,6H2,1H3,(H,17,23)(H,19,20)(H,21,22)/t7-,10-,11+,12+,16+/m1/s1. The van der Waals surface area contributed by atoms with Gasteiger partial charge in [0.1, 0.15) is 6.10 Å². The molecule has 0 unspecified atom stereocenters. The third-order valence-corrected chi connectivity index (χ3v) is 4.87. The number of benzene rings is 1. The van der Waals surface area contributed by atoms with Crippen molar-refractivity contribution in [1.29, 1.82) is 0 Å². The number of carbonyl (C=O) groups is 3. The lowest BCUT2D eigenvalue weighted by Crippen LogP contribution is -2.58. The summed E-state index contributed by atoms with van der Waals surface area (Å²) in [7, 11) is 0. The maximum Gasteiger partial charge on any atom is 0.408 e. The van der Waals surface area contributed by atoms with E-state index in [1.165, 1.54) is 31.2 Å². The van der Waals surface area contributed by atoms with Gasteiger partial charge in [-0.1, -0.05) is 12.1 Å². The fourth-order valence-electron chi connectivity index (χ4n) is 3.51. The average Bonchev–Trinajstić information content (AvgIpc) is 3.23. The zero-order valence-corrected chi connectivity index (χ0v) is 14.0. The van der Waals surface area contributed by atoms with Gasteiger partial charge in [-0.05, 0) is 13.0 Å². The second-order valence-electron chi connectivity index (χ2n) is 6.43. The lowest BCUT2D eigenvalue weighted by atomic mass is 9.93. The Bertz CT molecular complexity index is 826. The molecule has 11 heteroatoms. The van der Waals surface area contributed by atoms with Gasteiger partial charge >= 0.3 is 18.0 Å². The number of nitrogens with zero attached hydrogens (tertiary/aromatic N) is 1. The first kappa shape index (κ1) is 18.6. The van der Waals surface area contributed by atoms with Gasteiger partial charge < -0.3 is 25.0 Å². The summed E-state index contributed by atoms with van der Waals surface area (Å²) in [6.45, 7) is 1.01. The zero-order valence-electron chi connectivity index (χ0n) is 14.0. The molecule has 0 spiro atoms. The molecule has 0 bridgehead atoms. The topological polar surface area (TPSA) is 165 Å². The normalized spacial score (nSPS) is 29.3. The monoisotopic (exact) mass is 380 g/mol. The van der Waals surface area contributed by atoms with Gasteiger partial charge in [0.15, 0.2) is 5.54 Å². The summed E-state index contributed by atoms with van der Waals surface area (Å²) in [6, 6.07) is 5.67. The van der Waals surface area contributed by atoms with Gasteiger partial charge in [0.05, 0.1) is 29.1 Å². The Kier molecular flexibility index (Phi) is 4.47. The third-order valence-electron chi connectivity index (χ3n) is 4.87. The summed E-state index contributed by atoms with van der Waals surface area (Å²) < 4.78 is 10.3. The molecule has 27 heavy (non-hydrogen) atoms. The van der Waals surface area contributed by atoms with Crippen LogP contribution in [-0.2, 0) is 19.1 Å². The summed E-state index contributed by atoms with van der Waals surface area (Å²) >= 11 is 0. The predicted molar refractivity (Wildman–Crippen MR) is 85.9 cm³/mol. The number of ether oxygens (including phenoxy) is 2. The number of hydrogen-bond acceptors (Lipinski definition) is 7. The van der Waals surface area contributed by atoms with Crippen LogP contribution in [0.15, 0.2) is 24.3 Å². The van der Waals surface area contributed by atoms with E-state index >= 15 is 0 Å². The first-order chi connectivity index (χ1) is 12.7. The Morgan fingerprint density at radius 3 is 2.59 bits per heavy atom. The minimum atomic E-state index is -1.92. The lowest BCUT2D eigenvalue weighted by molar-refractivity contribution is -0.386. The summed E-state index contributed by atoms with van der Waals surface area (Å²) in [5.74, 6) is -4.59. The van der Waals surface area contributed by atoms with E-state index in [9.17, 15) is 29.6 Å². The molecule has 0 radical (unpaired) electrons. The highest BCUT2D eigenvalue weighted by atomic mass is 16.6. The number of amides is 1. The highest BCUT2D eigenvalue weighted by Gasteiger charge is 2.74. The molecule has 2 fully saturated rings. The fourth-order valence-corrected chi connectivity index (χ4v) is 3.51. The van der Waals surface area contributed by atoms with Crippen molar-refractivity contribution in [1.82, 2.24) is 5.32 Å². The van der Waals surface area contributed by atoms with E-state index in [0.717, 1.165) is 0 Å². The number of carboxylic acid groups (broad SMARTS) is 2. The number of rotatable bonds is 6. The number of para-hydroxylation sites is 1. The molecular formula is C16H16N2O9. The molecule has 1 aromatic rings. The van der Waals surface area contributed by atoms with Crippen LogP contribution in [0.2, 0.25) is 0 Å². The molecule has 1 amide bonds. The minimum absolute atomic E-state index is 0.136. The molecule has 1 aromatic carbocycles. The Morgan fingerprint density at radius 1 is 1.37 bits per heavy atom. The van der Waals surface area contributed by atoms with Gasteiger partial charge in [0.25, 0.3) is 5.69 Å². The fraction of sp³-hybridized carbons (Fsp3) is 0.438. The maximum atomic E-state index is 12.2. The predicted octanol–water partition coefficient (Wildman–Crippen LogP) is 0.935. The number of hydrogen-bond donors (Lipinski definition) is 3. The summed E-state index contributed by atoms with van der Waals surface area (Å²) in [5, 5.41) is 31.9. The van der Waals surface area contributed by atoms with Crippen LogP contribution >= 0.6 is 0 Å². The van der Waals surface area contributed by atoms with Gasteiger partial charge in [0.2, 0.25) is 0 Å². The highest BCUT2D eigenvalue weighted by molar-refractivity contribution is 5.89. The summed E-state index contributed by atoms with van der Waals surface area (Å²) in [4.78, 5) is 45.6. The van der Waals surface area contributed by atoms with Crippen LogP contribution in [0.3, 0.4) is 0 Å². The van der Waals surface area contributed by atoms with E-state index in [4.69, 9.17) is 14.6 Å². The van der Waals surface area contributed by atoms with Crippen molar-refractivity contribution < 1.29 is 39.0 Å². The average molecular weight is 380 g/mol. The molecule has 1 aliphatic heterocycles. The van der Waals surface area contributed by atoms with Crippen molar-refractivity contribution >= 4 is 23.7 Å². The first-order valence-corrected chi connectivity index (χ1v) is 7.99. The van der Waals surface area contributed by atoms with E-state index in [0.29, 0.717) is 0 Å². The SMILES string of the molecule is C[C@@H](OC(=O)N[C@@]1(C(=O)O)CO[C@H]2[C@H](C(=O)O)[C@@H]21)c1ccccc1[N+](=O)[O-]. The Labute approximate surface area is 152 Å². The summed E-state index contributed by atoms with van der Waals surface area (Å²) in [5.41, 5.74) is -2.03. The number of carbonyl (C=O) groups excluding carboxylic acids is 1. The van der Waals surface area contributed by atoms with E-state index in [2.05, 4.69) is 5.32 Å². The van der Waals surface area contributed by atoms with Crippen molar-refractivity contribution in [3.8, 4) is 0 Å². The second-order valence-corrected chi connectivity index (χ2v) is 6.43. The van der Waals surface area contributed by atoms with Crippen molar-refractivity contribution in [3.05, 3.63) is 39.9 Å². The van der Waals surface area contributed by atoms with Gasteiger partial charge in [-0.2, -0.15) is 0 Å². The smallest absolute Gasteiger partial charge is 0.408 e. The number of fused-ring (bicyclic) bond motifs is 1. The Hall–Kier alpha value is -3.21. The number of carboxylic acids is 2. The second kappa shape index (κ2) is 6.50. The van der Waals surface area contributed by atoms with E-state index in [1.54, 1.807) is 0 Å². The van der Waals surface area contributed by atoms with Crippen molar-refractivity contribution in [2.75, 3.05) is 6.61 Å². The molecule has 1 aliphatic carbocycles. The summed E-state index contributed by atoms with van der Waals surface area (Å²) in [6.07, 6.45) is -2.96. The molecule has 11 nitrogen and oxygen atoms in total. The number of nitro benzene ring substituents is 1. The molecule has 3 rings (SSSR count). The van der Waals surface area contributed by atoms with Gasteiger partial charge in [-0.25, -0.2) is 9.59 Å². The number of aliphatic carboxylic acids is 2. The van der Waals surface area contributed by atoms with Crippen molar-refractivity contribution in [2.24, 2.45) is 11.8 Å². The third kappa shape index (κ3) is 3.05. The molecule has 0 aromatic heterocycles. The highest BCUT2D eigenvalue weighted by Crippen LogP contribution is 2.54. The first-order valence-electron chi connectivity index (χ1n) is 7.99. The number of alkyl carbamates (subject to hydrolysis) is 1. The lowest BCUT2D eigenvalue weighted by Gasteiger charge is -2.27. The molecule has 1 heterocycles. The van der Waals surface area contributed by atoms with Crippen LogP contribution in [0.25, 0.3) is 0 Å². The van der Waals surface area contributed by atoms with Crippen molar-refractivity contribution in [2.45, 2.75) is 24.7 Å². The zero-order chi connectivity index (χ0) is 19.9. The quantitative estimate of drug-likeness (QED) is 0.481. The molecule has 5 atom stereocenters. The van der Waals surface area contributed by atoms with E-state index < -0.39 is 59.1 Å². The largest absolute Gasteiger partial charge is 0.481 e. The molecular weight excluding hydrogens is 364 g/mol. The van der Waals surface area contributed by atoms with Gasteiger partial charge in [0, 0.05) is 12.0 Å². The van der Waals surface area contributed by atoms with Crippen LogP contribution in [0.1, 0.15) is 18.6 Å². The van der Waals surface area contributed by atoms with Crippen molar-refractivity contribution in [3.63, 3.8) is 0 Å².